The average molecular weight is 451 g/mol. The highest BCUT2D eigenvalue weighted by Gasteiger charge is 2.34. The first-order chi connectivity index (χ1) is 16.0. The highest BCUT2D eigenvalue weighted by molar-refractivity contribution is 5.95. The zero-order valence-corrected chi connectivity index (χ0v) is 19.6. The van der Waals surface area contributed by atoms with Crippen molar-refractivity contribution in [3.63, 3.8) is 0 Å². The van der Waals surface area contributed by atoms with E-state index in [-0.39, 0.29) is 23.4 Å². The highest BCUT2D eigenvalue weighted by atomic mass is 16.5. The van der Waals surface area contributed by atoms with Crippen molar-refractivity contribution in [3.05, 3.63) is 63.6 Å². The van der Waals surface area contributed by atoms with E-state index in [1.54, 1.807) is 6.08 Å². The molecule has 6 heteroatoms. The lowest BCUT2D eigenvalue weighted by Gasteiger charge is -2.34. The number of hydrogen-bond acceptors (Lipinski definition) is 5. The summed E-state index contributed by atoms with van der Waals surface area (Å²) >= 11 is 0. The van der Waals surface area contributed by atoms with Crippen molar-refractivity contribution in [1.82, 2.24) is 9.97 Å². The SMILES string of the molecule is CCCC/C(=C/C(C)=O)c1c(C2CC2)nc(OC2CC(COCc3ccccc3)C2)[nH]c1=O. The minimum atomic E-state index is -0.201. The zero-order valence-electron chi connectivity index (χ0n) is 19.6. The molecule has 6 nitrogen and oxygen atoms in total. The molecule has 1 aromatic carbocycles. The van der Waals surface area contributed by atoms with Gasteiger partial charge in [-0.15, -0.1) is 0 Å². The number of carbonyl (C=O) groups is 1. The molecule has 0 radical (unpaired) electrons. The lowest BCUT2D eigenvalue weighted by molar-refractivity contribution is -0.112. The molecule has 0 bridgehead atoms. The first kappa shape index (κ1) is 23.4. The van der Waals surface area contributed by atoms with Crippen LogP contribution in [0.5, 0.6) is 6.01 Å². The van der Waals surface area contributed by atoms with Gasteiger partial charge in [-0.2, -0.15) is 0 Å². The summed E-state index contributed by atoms with van der Waals surface area (Å²) in [4.78, 5) is 32.4. The largest absolute Gasteiger partial charge is 0.461 e. The number of unbranched alkanes of at least 4 members (excludes halogenated alkanes) is 1. The van der Waals surface area contributed by atoms with E-state index in [0.29, 0.717) is 37.1 Å². The van der Waals surface area contributed by atoms with Crippen molar-refractivity contribution in [2.45, 2.75) is 77.4 Å². The first-order valence-electron chi connectivity index (χ1n) is 12.2. The fourth-order valence-electron chi connectivity index (χ4n) is 4.35. The molecule has 2 saturated carbocycles. The van der Waals surface area contributed by atoms with Crippen LogP contribution in [0, 0.1) is 5.92 Å². The minimum Gasteiger partial charge on any atom is -0.461 e. The van der Waals surface area contributed by atoms with Gasteiger partial charge in [0.1, 0.15) is 6.10 Å². The lowest BCUT2D eigenvalue weighted by atomic mass is 9.83. The Labute approximate surface area is 195 Å². The number of ketones is 1. The Morgan fingerprint density at radius 2 is 1.97 bits per heavy atom. The van der Waals surface area contributed by atoms with Gasteiger partial charge in [0, 0.05) is 5.92 Å². The summed E-state index contributed by atoms with van der Waals surface area (Å²) < 4.78 is 11.9. The van der Waals surface area contributed by atoms with E-state index in [4.69, 9.17) is 14.5 Å². The summed E-state index contributed by atoms with van der Waals surface area (Å²) in [6, 6.07) is 10.5. The van der Waals surface area contributed by atoms with Crippen molar-refractivity contribution >= 4 is 11.4 Å². The van der Waals surface area contributed by atoms with E-state index >= 15 is 0 Å². The maximum atomic E-state index is 13.1. The van der Waals surface area contributed by atoms with E-state index in [0.717, 1.165) is 49.8 Å². The molecule has 1 N–H and O–H groups in total. The smallest absolute Gasteiger partial charge is 0.296 e. The number of benzene rings is 1. The predicted octanol–water partition coefficient (Wildman–Crippen LogP) is 5.18. The van der Waals surface area contributed by atoms with E-state index in [1.807, 2.05) is 18.2 Å². The monoisotopic (exact) mass is 450 g/mol. The Morgan fingerprint density at radius 3 is 2.64 bits per heavy atom. The Balaban J connectivity index is 1.37. The summed E-state index contributed by atoms with van der Waals surface area (Å²) in [5, 5.41) is 0. The third-order valence-electron chi connectivity index (χ3n) is 6.32. The number of ether oxygens (including phenoxy) is 2. The van der Waals surface area contributed by atoms with Crippen LogP contribution < -0.4 is 10.3 Å². The van der Waals surface area contributed by atoms with Crippen LogP contribution in [0.25, 0.3) is 5.57 Å². The third kappa shape index (κ3) is 6.41. The van der Waals surface area contributed by atoms with Gasteiger partial charge in [0.25, 0.3) is 11.6 Å². The summed E-state index contributed by atoms with van der Waals surface area (Å²) in [6.07, 6.45) is 8.10. The Hall–Kier alpha value is -2.73. The second kappa shape index (κ2) is 10.9. The van der Waals surface area contributed by atoms with Gasteiger partial charge in [0.05, 0.1) is 24.5 Å². The third-order valence-corrected chi connectivity index (χ3v) is 6.32. The number of rotatable bonds is 12. The van der Waals surface area contributed by atoms with Crippen LogP contribution in [-0.2, 0) is 16.1 Å². The summed E-state index contributed by atoms with van der Waals surface area (Å²) in [7, 11) is 0. The Bertz CT molecular complexity index is 1030. The van der Waals surface area contributed by atoms with E-state index in [2.05, 4.69) is 24.0 Å². The molecule has 0 spiro atoms. The van der Waals surface area contributed by atoms with Crippen molar-refractivity contribution < 1.29 is 14.3 Å². The topological polar surface area (TPSA) is 81.3 Å². The molecule has 176 valence electrons. The highest BCUT2D eigenvalue weighted by Crippen LogP contribution is 2.42. The molecule has 2 aliphatic rings. The lowest BCUT2D eigenvalue weighted by Crippen LogP contribution is -2.37. The quantitative estimate of drug-likeness (QED) is 0.451. The minimum absolute atomic E-state index is 0.0439. The molecule has 0 amide bonds. The summed E-state index contributed by atoms with van der Waals surface area (Å²) in [5.74, 6) is 0.700. The van der Waals surface area contributed by atoms with Gasteiger partial charge in [0.2, 0.25) is 0 Å². The van der Waals surface area contributed by atoms with Crippen molar-refractivity contribution in [1.29, 1.82) is 0 Å². The van der Waals surface area contributed by atoms with E-state index in [9.17, 15) is 9.59 Å². The van der Waals surface area contributed by atoms with Crippen LogP contribution in [0.2, 0.25) is 0 Å². The van der Waals surface area contributed by atoms with Crippen LogP contribution in [0.3, 0.4) is 0 Å². The van der Waals surface area contributed by atoms with Crippen molar-refractivity contribution in [2.75, 3.05) is 6.61 Å². The molecule has 0 aliphatic heterocycles. The fraction of sp³-hybridized carbons (Fsp3) is 0.519. The standard InChI is InChI=1S/C27H34N2O4/c1-3-4-10-22(13-18(2)30)24-25(21-11-12-21)28-27(29-26(24)31)33-23-14-20(15-23)17-32-16-19-8-6-5-7-9-19/h5-9,13,20-21,23H,3-4,10-12,14-17H2,1-2H3,(H,28,29,31)/b22-13-. The normalized spacial score (nSPS) is 20.4. The molecule has 1 aromatic heterocycles. The molecular formula is C27H34N2O4. The molecule has 0 unspecified atom stereocenters. The van der Waals surface area contributed by atoms with Gasteiger partial charge in [0.15, 0.2) is 5.78 Å². The predicted molar refractivity (Wildman–Crippen MR) is 128 cm³/mol. The second-order valence-corrected chi connectivity index (χ2v) is 9.37. The second-order valence-electron chi connectivity index (χ2n) is 9.37. The van der Waals surface area contributed by atoms with E-state index < -0.39 is 0 Å². The number of H-pyrrole nitrogens is 1. The maximum absolute atomic E-state index is 13.1. The van der Waals surface area contributed by atoms with Gasteiger partial charge in [-0.3, -0.25) is 14.6 Å². The summed E-state index contributed by atoms with van der Waals surface area (Å²) in [6.45, 7) is 4.96. The molecule has 2 aromatic rings. The number of nitrogens with zero attached hydrogens (tertiary/aromatic N) is 1. The Morgan fingerprint density at radius 1 is 1.21 bits per heavy atom. The van der Waals surface area contributed by atoms with Crippen molar-refractivity contribution in [2.24, 2.45) is 5.92 Å². The number of allylic oxidation sites excluding steroid dienone is 2. The van der Waals surface area contributed by atoms with Crippen LogP contribution in [0.4, 0.5) is 0 Å². The van der Waals surface area contributed by atoms with Crippen LogP contribution in [0.1, 0.15) is 81.5 Å². The van der Waals surface area contributed by atoms with Gasteiger partial charge in [-0.1, -0.05) is 43.7 Å². The maximum Gasteiger partial charge on any atom is 0.296 e. The Kier molecular flexibility index (Phi) is 7.76. The first-order valence-corrected chi connectivity index (χ1v) is 12.2. The molecule has 0 atom stereocenters. The molecular weight excluding hydrogens is 416 g/mol. The molecule has 33 heavy (non-hydrogen) atoms. The van der Waals surface area contributed by atoms with Crippen LogP contribution in [-0.4, -0.2) is 28.5 Å². The number of hydrogen-bond donors (Lipinski definition) is 1. The fourth-order valence-corrected chi connectivity index (χ4v) is 4.35. The molecule has 2 aliphatic carbocycles. The zero-order chi connectivity index (χ0) is 23.2. The average Bonchev–Trinajstić information content (AvgIpc) is 3.60. The number of carbonyl (C=O) groups excluding carboxylic acids is 1. The van der Waals surface area contributed by atoms with E-state index in [1.165, 1.54) is 12.5 Å². The van der Waals surface area contributed by atoms with Gasteiger partial charge < -0.3 is 9.47 Å². The molecule has 4 rings (SSSR count). The van der Waals surface area contributed by atoms with Gasteiger partial charge in [-0.25, -0.2) is 4.98 Å². The number of aromatic amines is 1. The number of aromatic nitrogens is 2. The van der Waals surface area contributed by atoms with Gasteiger partial charge in [-0.05, 0) is 68.6 Å². The van der Waals surface area contributed by atoms with Crippen LogP contribution in [0.15, 0.2) is 41.2 Å². The summed E-state index contributed by atoms with van der Waals surface area (Å²) in [5.41, 5.74) is 3.14. The molecule has 1 heterocycles. The molecule has 0 saturated heterocycles. The van der Waals surface area contributed by atoms with Gasteiger partial charge >= 0.3 is 0 Å². The molecule has 2 fully saturated rings. The number of nitrogens with one attached hydrogen (secondary N) is 1. The van der Waals surface area contributed by atoms with Crippen LogP contribution >= 0.6 is 0 Å². The van der Waals surface area contributed by atoms with Crippen molar-refractivity contribution in [3.8, 4) is 6.01 Å².